The van der Waals surface area contributed by atoms with Crippen molar-refractivity contribution >= 4 is 5.91 Å². The van der Waals surface area contributed by atoms with E-state index < -0.39 is 0 Å². The Hall–Kier alpha value is -1.08. The number of nitrogens with zero attached hydrogens (tertiary/aromatic N) is 1. The number of nitrogens with one attached hydrogen (secondary N) is 1. The number of aliphatic hydroxyl groups is 1. The van der Waals surface area contributed by atoms with Gasteiger partial charge in [0.05, 0.1) is 12.2 Å². The van der Waals surface area contributed by atoms with Crippen molar-refractivity contribution in [1.82, 2.24) is 5.32 Å². The Morgan fingerprint density at radius 1 is 1.77 bits per heavy atom. The van der Waals surface area contributed by atoms with E-state index in [0.717, 1.165) is 0 Å². The zero-order chi connectivity index (χ0) is 10.1. The fourth-order valence-corrected chi connectivity index (χ4v) is 1.46. The van der Waals surface area contributed by atoms with Gasteiger partial charge in [0.1, 0.15) is 6.42 Å². The summed E-state index contributed by atoms with van der Waals surface area (Å²) in [5.41, 5.74) is -0.259. The van der Waals surface area contributed by atoms with Crippen molar-refractivity contribution in [3.63, 3.8) is 0 Å². The van der Waals surface area contributed by atoms with Crippen LogP contribution in [-0.2, 0) is 4.79 Å². The summed E-state index contributed by atoms with van der Waals surface area (Å²) in [4.78, 5) is 11.0. The van der Waals surface area contributed by atoms with Crippen molar-refractivity contribution in [1.29, 1.82) is 5.26 Å². The summed E-state index contributed by atoms with van der Waals surface area (Å²) in [6.07, 6.45) is 0.132. The Labute approximate surface area is 77.6 Å². The summed E-state index contributed by atoms with van der Waals surface area (Å²) in [5, 5.41) is 20.4. The van der Waals surface area contributed by atoms with Crippen molar-refractivity contribution in [2.75, 3.05) is 0 Å². The molecule has 1 fully saturated rings. The predicted molar refractivity (Wildman–Crippen MR) is 46.6 cm³/mol. The topological polar surface area (TPSA) is 73.1 Å². The first kappa shape index (κ1) is 10.0. The van der Waals surface area contributed by atoms with Crippen molar-refractivity contribution in [2.45, 2.75) is 38.8 Å². The molecule has 1 aliphatic rings. The van der Waals surface area contributed by atoms with Crippen LogP contribution < -0.4 is 5.32 Å². The van der Waals surface area contributed by atoms with Gasteiger partial charge in [-0.25, -0.2) is 0 Å². The molecule has 1 aliphatic carbocycles. The fraction of sp³-hybridized carbons (Fsp3) is 0.778. The number of carbonyl (C=O) groups is 1. The highest BCUT2D eigenvalue weighted by Crippen LogP contribution is 2.40. The molecule has 1 saturated carbocycles. The van der Waals surface area contributed by atoms with Crippen LogP contribution in [0.25, 0.3) is 0 Å². The van der Waals surface area contributed by atoms with Gasteiger partial charge in [-0.1, -0.05) is 13.8 Å². The zero-order valence-electron chi connectivity index (χ0n) is 7.87. The highest BCUT2D eigenvalue weighted by atomic mass is 16.3. The van der Waals surface area contributed by atoms with E-state index in [-0.39, 0.29) is 29.9 Å². The first-order valence-corrected chi connectivity index (χ1v) is 4.33. The normalized spacial score (nSPS) is 30.0. The molecule has 0 bridgehead atoms. The summed E-state index contributed by atoms with van der Waals surface area (Å²) in [6, 6.07) is 1.79. The average molecular weight is 182 g/mol. The maximum atomic E-state index is 11.0. The van der Waals surface area contributed by atoms with Gasteiger partial charge in [-0.2, -0.15) is 5.26 Å². The lowest BCUT2D eigenvalue weighted by atomic mass is 9.64. The molecule has 0 aliphatic heterocycles. The van der Waals surface area contributed by atoms with E-state index in [4.69, 9.17) is 5.26 Å². The second-order valence-corrected chi connectivity index (χ2v) is 4.03. The van der Waals surface area contributed by atoms with E-state index in [1.807, 2.05) is 13.8 Å². The highest BCUT2D eigenvalue weighted by molar-refractivity contribution is 5.78. The smallest absolute Gasteiger partial charge is 0.234 e. The van der Waals surface area contributed by atoms with E-state index in [1.165, 1.54) is 0 Å². The van der Waals surface area contributed by atoms with Gasteiger partial charge < -0.3 is 10.4 Å². The third-order valence-electron chi connectivity index (χ3n) is 2.79. The molecular formula is C9H14N2O2. The Morgan fingerprint density at radius 3 is 2.77 bits per heavy atom. The number of carbonyl (C=O) groups excluding carboxylic acids is 1. The summed E-state index contributed by atoms with van der Waals surface area (Å²) in [7, 11) is 0. The second-order valence-electron chi connectivity index (χ2n) is 4.03. The van der Waals surface area contributed by atoms with Crippen molar-refractivity contribution < 1.29 is 9.90 Å². The largest absolute Gasteiger partial charge is 0.392 e. The molecule has 0 spiro atoms. The molecule has 72 valence electrons. The number of hydrogen-bond acceptors (Lipinski definition) is 3. The van der Waals surface area contributed by atoms with Crippen LogP contribution in [0, 0.1) is 16.7 Å². The molecule has 2 N–H and O–H groups in total. The van der Waals surface area contributed by atoms with Gasteiger partial charge in [0, 0.05) is 11.5 Å². The van der Waals surface area contributed by atoms with Crippen molar-refractivity contribution in [3.05, 3.63) is 0 Å². The molecule has 0 aromatic carbocycles. The van der Waals surface area contributed by atoms with E-state index in [9.17, 15) is 9.90 Å². The molecular weight excluding hydrogens is 168 g/mol. The molecule has 13 heavy (non-hydrogen) atoms. The molecule has 0 aromatic heterocycles. The Morgan fingerprint density at radius 2 is 2.38 bits per heavy atom. The fourth-order valence-electron chi connectivity index (χ4n) is 1.46. The predicted octanol–water partition coefficient (Wildman–Crippen LogP) is 0.176. The minimum Gasteiger partial charge on any atom is -0.392 e. The van der Waals surface area contributed by atoms with Gasteiger partial charge in [0.2, 0.25) is 5.91 Å². The average Bonchev–Trinajstić information content (AvgIpc) is 2.04. The molecule has 0 heterocycles. The van der Waals surface area contributed by atoms with Crippen LogP contribution in [0.4, 0.5) is 0 Å². The first-order valence-electron chi connectivity index (χ1n) is 4.33. The lowest BCUT2D eigenvalue weighted by Crippen LogP contribution is -2.61. The third-order valence-corrected chi connectivity index (χ3v) is 2.79. The molecule has 4 heteroatoms. The van der Waals surface area contributed by atoms with Crippen LogP contribution in [0.1, 0.15) is 26.7 Å². The van der Waals surface area contributed by atoms with Gasteiger partial charge in [-0.3, -0.25) is 4.79 Å². The molecule has 0 saturated heterocycles. The van der Waals surface area contributed by atoms with E-state index in [2.05, 4.69) is 5.32 Å². The van der Waals surface area contributed by atoms with Crippen LogP contribution in [0.2, 0.25) is 0 Å². The highest BCUT2D eigenvalue weighted by Gasteiger charge is 2.47. The third kappa shape index (κ3) is 1.81. The molecule has 0 aromatic rings. The van der Waals surface area contributed by atoms with Crippen molar-refractivity contribution in [2.24, 2.45) is 5.41 Å². The minimum absolute atomic E-state index is 0.00310. The molecule has 4 nitrogen and oxygen atoms in total. The van der Waals surface area contributed by atoms with E-state index >= 15 is 0 Å². The molecule has 1 rings (SSSR count). The van der Waals surface area contributed by atoms with Crippen LogP contribution in [0.15, 0.2) is 0 Å². The van der Waals surface area contributed by atoms with E-state index in [0.29, 0.717) is 6.42 Å². The van der Waals surface area contributed by atoms with Crippen LogP contribution in [0.3, 0.4) is 0 Å². The van der Waals surface area contributed by atoms with Gasteiger partial charge >= 0.3 is 0 Å². The lowest BCUT2D eigenvalue weighted by molar-refractivity contribution is -0.128. The Bertz CT molecular complexity index is 255. The van der Waals surface area contributed by atoms with Gasteiger partial charge in [-0.15, -0.1) is 0 Å². The molecule has 2 unspecified atom stereocenters. The minimum atomic E-state index is -0.347. The second kappa shape index (κ2) is 3.35. The maximum Gasteiger partial charge on any atom is 0.234 e. The van der Waals surface area contributed by atoms with Crippen LogP contribution >= 0.6 is 0 Å². The summed E-state index contributed by atoms with van der Waals surface area (Å²) < 4.78 is 0. The van der Waals surface area contributed by atoms with E-state index in [1.54, 1.807) is 6.07 Å². The number of amides is 1. The Kier molecular flexibility index (Phi) is 2.58. The quantitative estimate of drug-likeness (QED) is 0.639. The van der Waals surface area contributed by atoms with Crippen LogP contribution in [0.5, 0.6) is 0 Å². The van der Waals surface area contributed by atoms with Gasteiger partial charge in [-0.05, 0) is 6.42 Å². The number of hydrogen-bond donors (Lipinski definition) is 2. The van der Waals surface area contributed by atoms with Crippen LogP contribution in [-0.4, -0.2) is 23.2 Å². The lowest BCUT2D eigenvalue weighted by Gasteiger charge is -2.49. The monoisotopic (exact) mass is 182 g/mol. The number of aliphatic hydroxyl groups excluding tert-OH is 1. The molecule has 0 radical (unpaired) electrons. The number of nitriles is 1. The SMILES string of the molecule is CC1(C)C(O)CC1NC(=O)CC#N. The van der Waals surface area contributed by atoms with Gasteiger partial charge in [0.15, 0.2) is 0 Å². The zero-order valence-corrected chi connectivity index (χ0v) is 7.87. The summed E-state index contributed by atoms with van der Waals surface area (Å²) in [5.74, 6) is -0.257. The summed E-state index contributed by atoms with van der Waals surface area (Å²) in [6.45, 7) is 3.80. The summed E-state index contributed by atoms with van der Waals surface area (Å²) >= 11 is 0. The Balaban J connectivity index is 2.41. The maximum absolute atomic E-state index is 11.0. The molecule has 2 atom stereocenters. The van der Waals surface area contributed by atoms with Gasteiger partial charge in [0.25, 0.3) is 0 Å². The van der Waals surface area contributed by atoms with Crippen molar-refractivity contribution in [3.8, 4) is 6.07 Å². The standard InChI is InChI=1S/C9H14N2O2/c1-9(2)6(5-7(9)12)11-8(13)3-4-10/h6-7,12H,3,5H2,1-2H3,(H,11,13). The number of rotatable bonds is 2. The molecule has 1 amide bonds. The first-order chi connectivity index (χ1) is 5.98.